The Morgan fingerprint density at radius 1 is 1.00 bits per heavy atom. The second kappa shape index (κ2) is 7.02. The Bertz CT molecular complexity index is 810. The number of piperazine rings is 1. The van der Waals surface area contributed by atoms with Crippen molar-refractivity contribution in [2.75, 3.05) is 31.1 Å². The van der Waals surface area contributed by atoms with Gasteiger partial charge in [0.05, 0.1) is 18.5 Å². The summed E-state index contributed by atoms with van der Waals surface area (Å²) >= 11 is 0. The van der Waals surface area contributed by atoms with Gasteiger partial charge in [0.25, 0.3) is 0 Å². The summed E-state index contributed by atoms with van der Waals surface area (Å²) < 4.78 is 21.0. The maximum absolute atomic E-state index is 13.9. The molecule has 0 spiro atoms. The van der Waals surface area contributed by atoms with Gasteiger partial charge in [0.15, 0.2) is 5.82 Å². The zero-order valence-corrected chi connectivity index (χ0v) is 13.8. The van der Waals surface area contributed by atoms with Crippen molar-refractivity contribution in [3.63, 3.8) is 0 Å². The zero-order valence-electron chi connectivity index (χ0n) is 13.8. The van der Waals surface area contributed by atoms with Gasteiger partial charge >= 0.3 is 0 Å². The van der Waals surface area contributed by atoms with Crippen LogP contribution in [0.15, 0.2) is 47.1 Å². The first kappa shape index (κ1) is 15.8. The third kappa shape index (κ3) is 3.53. The summed E-state index contributed by atoms with van der Waals surface area (Å²) in [7, 11) is 0. The zero-order chi connectivity index (χ0) is 17.1. The summed E-state index contributed by atoms with van der Waals surface area (Å²) in [6, 6.07) is 10.7. The van der Waals surface area contributed by atoms with Gasteiger partial charge in [0.2, 0.25) is 0 Å². The maximum Gasteiger partial charge on any atom is 0.165 e. The molecule has 0 bridgehead atoms. The predicted octanol–water partition coefficient (Wildman–Crippen LogP) is 1.78. The van der Waals surface area contributed by atoms with Gasteiger partial charge in [-0.15, -0.1) is 5.10 Å². The molecule has 0 radical (unpaired) electrons. The van der Waals surface area contributed by atoms with E-state index in [-0.39, 0.29) is 5.82 Å². The molecule has 0 saturated carbocycles. The molecule has 0 atom stereocenters. The van der Waals surface area contributed by atoms with Crippen LogP contribution in [0.5, 0.6) is 0 Å². The van der Waals surface area contributed by atoms with Gasteiger partial charge in [-0.1, -0.05) is 12.1 Å². The van der Waals surface area contributed by atoms with E-state index in [9.17, 15) is 4.39 Å². The molecule has 1 fully saturated rings. The van der Waals surface area contributed by atoms with Crippen molar-refractivity contribution in [3.8, 4) is 0 Å². The number of tetrazole rings is 1. The minimum atomic E-state index is -0.168. The summed E-state index contributed by atoms with van der Waals surface area (Å²) in [5.74, 6) is 1.45. The third-order valence-electron chi connectivity index (χ3n) is 4.42. The van der Waals surface area contributed by atoms with E-state index >= 15 is 0 Å². The molecule has 1 aromatic carbocycles. The number of aromatic nitrogens is 4. The van der Waals surface area contributed by atoms with Crippen LogP contribution in [-0.2, 0) is 13.1 Å². The molecule has 130 valence electrons. The lowest BCUT2D eigenvalue weighted by Gasteiger charge is -2.35. The summed E-state index contributed by atoms with van der Waals surface area (Å²) in [4.78, 5) is 4.36. The van der Waals surface area contributed by atoms with E-state index < -0.39 is 0 Å². The number of para-hydroxylation sites is 1. The maximum atomic E-state index is 13.9. The number of rotatable bonds is 5. The highest BCUT2D eigenvalue weighted by molar-refractivity contribution is 5.47. The molecule has 4 rings (SSSR count). The first-order valence-corrected chi connectivity index (χ1v) is 8.29. The van der Waals surface area contributed by atoms with Crippen molar-refractivity contribution >= 4 is 5.69 Å². The van der Waals surface area contributed by atoms with Gasteiger partial charge < -0.3 is 9.32 Å². The topological polar surface area (TPSA) is 63.2 Å². The lowest BCUT2D eigenvalue weighted by molar-refractivity contribution is 0.238. The van der Waals surface area contributed by atoms with Crippen LogP contribution in [-0.4, -0.2) is 51.3 Å². The molecular formula is C17H19FN6O. The van der Waals surface area contributed by atoms with Crippen LogP contribution < -0.4 is 4.90 Å². The van der Waals surface area contributed by atoms with E-state index in [4.69, 9.17) is 4.42 Å². The van der Waals surface area contributed by atoms with Gasteiger partial charge in [-0.3, -0.25) is 4.90 Å². The monoisotopic (exact) mass is 342 g/mol. The highest BCUT2D eigenvalue weighted by atomic mass is 19.1. The van der Waals surface area contributed by atoms with Crippen molar-refractivity contribution in [3.05, 3.63) is 60.1 Å². The van der Waals surface area contributed by atoms with Crippen LogP contribution in [0.1, 0.15) is 11.6 Å². The second-order valence-electron chi connectivity index (χ2n) is 6.05. The first-order valence-electron chi connectivity index (χ1n) is 8.29. The Morgan fingerprint density at radius 3 is 2.60 bits per heavy atom. The Morgan fingerprint density at radius 2 is 1.84 bits per heavy atom. The summed E-state index contributed by atoms with van der Waals surface area (Å²) in [6.07, 6.45) is 1.64. The summed E-state index contributed by atoms with van der Waals surface area (Å²) in [5.41, 5.74) is 0.671. The number of hydrogen-bond donors (Lipinski definition) is 0. The summed E-state index contributed by atoms with van der Waals surface area (Å²) in [5, 5.41) is 11.9. The number of nitrogens with zero attached hydrogens (tertiary/aromatic N) is 6. The van der Waals surface area contributed by atoms with Crippen LogP contribution in [0.4, 0.5) is 10.1 Å². The molecule has 3 heterocycles. The smallest absolute Gasteiger partial charge is 0.165 e. The number of anilines is 1. The molecule has 2 aromatic heterocycles. The highest BCUT2D eigenvalue weighted by Crippen LogP contribution is 2.20. The summed E-state index contributed by atoms with van der Waals surface area (Å²) in [6.45, 7) is 4.41. The van der Waals surface area contributed by atoms with E-state index in [2.05, 4.69) is 25.3 Å². The molecule has 1 aliphatic rings. The third-order valence-corrected chi connectivity index (χ3v) is 4.42. The molecule has 1 aliphatic heterocycles. The molecule has 25 heavy (non-hydrogen) atoms. The van der Waals surface area contributed by atoms with Crippen molar-refractivity contribution in [2.45, 2.75) is 13.1 Å². The number of benzene rings is 1. The second-order valence-corrected chi connectivity index (χ2v) is 6.05. The number of furan rings is 1. The van der Waals surface area contributed by atoms with Gasteiger partial charge in [-0.05, 0) is 34.7 Å². The Balaban J connectivity index is 1.36. The van der Waals surface area contributed by atoms with Crippen molar-refractivity contribution < 1.29 is 8.81 Å². The van der Waals surface area contributed by atoms with Crippen molar-refractivity contribution in [1.82, 2.24) is 25.1 Å². The normalized spacial score (nSPS) is 15.6. The molecule has 0 aliphatic carbocycles. The number of hydrogen-bond acceptors (Lipinski definition) is 6. The Hall–Kier alpha value is -2.74. The van der Waals surface area contributed by atoms with Crippen LogP contribution >= 0.6 is 0 Å². The van der Waals surface area contributed by atoms with E-state index in [1.54, 1.807) is 17.0 Å². The van der Waals surface area contributed by atoms with E-state index in [0.29, 0.717) is 18.8 Å². The fourth-order valence-corrected chi connectivity index (χ4v) is 3.06. The van der Waals surface area contributed by atoms with Gasteiger partial charge in [-0.2, -0.15) is 0 Å². The molecule has 0 amide bonds. The average molecular weight is 342 g/mol. The molecule has 3 aromatic rings. The van der Waals surface area contributed by atoms with Crippen LogP contribution in [0.2, 0.25) is 0 Å². The van der Waals surface area contributed by atoms with Crippen molar-refractivity contribution in [2.24, 2.45) is 0 Å². The van der Waals surface area contributed by atoms with E-state index in [1.807, 2.05) is 24.3 Å². The molecule has 7 nitrogen and oxygen atoms in total. The quantitative estimate of drug-likeness (QED) is 0.704. The molecule has 8 heteroatoms. The van der Waals surface area contributed by atoms with Crippen LogP contribution in [0.3, 0.4) is 0 Å². The first-order chi connectivity index (χ1) is 12.3. The minimum absolute atomic E-state index is 0.168. The largest absolute Gasteiger partial charge is 0.467 e. The molecule has 0 N–H and O–H groups in total. The standard InChI is InChI=1S/C17H19FN6O/c18-15-5-1-2-6-16(15)23-9-7-22(8-10-23)13-17-19-20-21-24(17)12-14-4-3-11-25-14/h1-6,11H,7-10,12-13H2. The van der Waals surface area contributed by atoms with Crippen LogP contribution in [0, 0.1) is 5.82 Å². The fraction of sp³-hybridized carbons (Fsp3) is 0.353. The molecule has 1 saturated heterocycles. The van der Waals surface area contributed by atoms with Crippen molar-refractivity contribution in [1.29, 1.82) is 0 Å². The Labute approximate surface area is 144 Å². The van der Waals surface area contributed by atoms with E-state index in [0.717, 1.165) is 37.8 Å². The number of halogens is 1. The van der Waals surface area contributed by atoms with Crippen LogP contribution in [0.25, 0.3) is 0 Å². The fourth-order valence-electron chi connectivity index (χ4n) is 3.06. The lowest BCUT2D eigenvalue weighted by atomic mass is 10.2. The molecular weight excluding hydrogens is 323 g/mol. The average Bonchev–Trinajstić information content (AvgIpc) is 3.29. The molecule has 0 unspecified atom stereocenters. The van der Waals surface area contributed by atoms with Gasteiger partial charge in [0, 0.05) is 26.2 Å². The lowest BCUT2D eigenvalue weighted by Crippen LogP contribution is -2.46. The Kier molecular flexibility index (Phi) is 4.43. The van der Waals surface area contributed by atoms with Gasteiger partial charge in [-0.25, -0.2) is 9.07 Å². The van der Waals surface area contributed by atoms with E-state index in [1.165, 1.54) is 6.07 Å². The minimum Gasteiger partial charge on any atom is -0.467 e. The highest BCUT2D eigenvalue weighted by Gasteiger charge is 2.21. The SMILES string of the molecule is Fc1ccccc1N1CCN(Cc2nnnn2Cc2ccco2)CC1. The predicted molar refractivity (Wildman–Crippen MR) is 89.5 cm³/mol. The van der Waals surface area contributed by atoms with Gasteiger partial charge in [0.1, 0.15) is 18.1 Å².